The topological polar surface area (TPSA) is 55.9 Å². The molecule has 4 rings (SSSR count). The Morgan fingerprint density at radius 1 is 0.968 bits per heavy atom. The summed E-state index contributed by atoms with van der Waals surface area (Å²) in [5.74, 6) is 0.329. The number of carbonyl (C=O) groups is 2. The second-order valence-electron chi connectivity index (χ2n) is 8.20. The first-order valence-corrected chi connectivity index (χ1v) is 11.3. The van der Waals surface area contributed by atoms with Crippen molar-refractivity contribution in [1.29, 1.82) is 0 Å². The van der Waals surface area contributed by atoms with Crippen LogP contribution in [-0.2, 0) is 0 Å². The van der Waals surface area contributed by atoms with Crippen LogP contribution in [0.3, 0.4) is 0 Å². The lowest BCUT2D eigenvalue weighted by molar-refractivity contribution is 0.0746. The van der Waals surface area contributed by atoms with Crippen molar-refractivity contribution in [2.45, 2.75) is 18.8 Å². The van der Waals surface area contributed by atoms with Crippen LogP contribution in [0.1, 0.15) is 34.7 Å². The fraction of sp³-hybridized carbons (Fsp3) is 0.417. The van der Waals surface area contributed by atoms with Gasteiger partial charge in [0, 0.05) is 57.8 Å². The molecule has 2 aromatic rings. The minimum atomic E-state index is -0.0340. The van der Waals surface area contributed by atoms with Crippen LogP contribution in [0.5, 0.6) is 0 Å². The number of nitrogens with zero attached hydrogens (tertiary/aromatic N) is 3. The molecule has 2 aliphatic rings. The van der Waals surface area contributed by atoms with Crippen molar-refractivity contribution in [3.05, 3.63) is 64.7 Å². The Morgan fingerprint density at radius 3 is 2.48 bits per heavy atom. The van der Waals surface area contributed by atoms with E-state index in [2.05, 4.69) is 16.3 Å². The van der Waals surface area contributed by atoms with Crippen LogP contribution in [-0.4, -0.2) is 68.1 Å². The maximum Gasteiger partial charge on any atom is 0.317 e. The van der Waals surface area contributed by atoms with E-state index in [4.69, 9.17) is 11.6 Å². The molecule has 31 heavy (non-hydrogen) atoms. The number of hydrogen-bond acceptors (Lipinski definition) is 3. The number of likely N-dealkylation sites (tertiary alicyclic amines) is 1. The van der Waals surface area contributed by atoms with Gasteiger partial charge in [-0.2, -0.15) is 0 Å². The summed E-state index contributed by atoms with van der Waals surface area (Å²) in [6.45, 7) is 4.33. The van der Waals surface area contributed by atoms with Crippen LogP contribution < -0.4 is 10.2 Å². The van der Waals surface area contributed by atoms with Crippen molar-refractivity contribution < 1.29 is 9.59 Å². The Balaban J connectivity index is 1.41. The number of piperazine rings is 1. The van der Waals surface area contributed by atoms with Gasteiger partial charge in [-0.15, -0.1) is 0 Å². The molecule has 2 aliphatic heterocycles. The number of urea groups is 1. The van der Waals surface area contributed by atoms with Crippen LogP contribution in [0.25, 0.3) is 0 Å². The summed E-state index contributed by atoms with van der Waals surface area (Å²) >= 11 is 6.33. The van der Waals surface area contributed by atoms with E-state index in [1.165, 1.54) is 0 Å². The zero-order valence-electron chi connectivity index (χ0n) is 17.9. The smallest absolute Gasteiger partial charge is 0.317 e. The first kappa shape index (κ1) is 21.5. The van der Waals surface area contributed by atoms with E-state index < -0.39 is 0 Å². The van der Waals surface area contributed by atoms with E-state index in [-0.39, 0.29) is 17.9 Å². The van der Waals surface area contributed by atoms with Gasteiger partial charge in [0.2, 0.25) is 0 Å². The van der Waals surface area contributed by atoms with E-state index in [1.54, 1.807) is 7.05 Å². The molecule has 7 heteroatoms. The van der Waals surface area contributed by atoms with Crippen LogP contribution in [0.2, 0.25) is 5.02 Å². The van der Waals surface area contributed by atoms with Gasteiger partial charge >= 0.3 is 6.03 Å². The first-order chi connectivity index (χ1) is 15.1. The molecule has 0 spiro atoms. The Labute approximate surface area is 188 Å². The summed E-state index contributed by atoms with van der Waals surface area (Å²) in [7, 11) is 1.66. The second kappa shape index (κ2) is 9.60. The van der Waals surface area contributed by atoms with E-state index in [9.17, 15) is 9.59 Å². The molecule has 2 saturated heterocycles. The van der Waals surface area contributed by atoms with Crippen molar-refractivity contribution in [2.75, 3.05) is 51.2 Å². The Morgan fingerprint density at radius 2 is 1.74 bits per heavy atom. The minimum absolute atomic E-state index is 0.0340. The van der Waals surface area contributed by atoms with Gasteiger partial charge in [0.15, 0.2) is 0 Å². The number of anilines is 1. The molecule has 1 atom stereocenters. The van der Waals surface area contributed by atoms with Crippen LogP contribution in [0.4, 0.5) is 10.5 Å². The van der Waals surface area contributed by atoms with E-state index >= 15 is 0 Å². The monoisotopic (exact) mass is 440 g/mol. The minimum Gasteiger partial charge on any atom is -0.367 e. The average Bonchev–Trinajstić information content (AvgIpc) is 2.83. The van der Waals surface area contributed by atoms with E-state index in [0.717, 1.165) is 54.3 Å². The molecule has 1 N–H and O–H groups in total. The maximum atomic E-state index is 13.2. The lowest BCUT2D eigenvalue weighted by atomic mass is 9.89. The van der Waals surface area contributed by atoms with Gasteiger partial charge in [-0.3, -0.25) is 4.79 Å². The maximum absolute atomic E-state index is 13.2. The predicted molar refractivity (Wildman–Crippen MR) is 124 cm³/mol. The number of nitrogens with one attached hydrogen (secondary N) is 1. The largest absolute Gasteiger partial charge is 0.367 e. The molecular weight excluding hydrogens is 412 g/mol. The number of hydrogen-bond donors (Lipinski definition) is 1. The van der Waals surface area contributed by atoms with Crippen LogP contribution in [0.15, 0.2) is 48.5 Å². The van der Waals surface area contributed by atoms with Gasteiger partial charge in [-0.1, -0.05) is 35.9 Å². The van der Waals surface area contributed by atoms with Crippen molar-refractivity contribution >= 4 is 29.2 Å². The highest BCUT2D eigenvalue weighted by molar-refractivity contribution is 6.33. The first-order valence-electron chi connectivity index (χ1n) is 10.9. The highest BCUT2D eigenvalue weighted by Crippen LogP contribution is 2.29. The summed E-state index contributed by atoms with van der Waals surface area (Å²) in [4.78, 5) is 31.2. The zero-order chi connectivity index (χ0) is 21.8. The van der Waals surface area contributed by atoms with Crippen molar-refractivity contribution in [1.82, 2.24) is 15.1 Å². The number of benzene rings is 2. The highest BCUT2D eigenvalue weighted by atomic mass is 35.5. The fourth-order valence-electron chi connectivity index (χ4n) is 4.56. The molecule has 2 aromatic carbocycles. The lowest BCUT2D eigenvalue weighted by Gasteiger charge is -2.36. The van der Waals surface area contributed by atoms with Crippen molar-refractivity contribution in [3.8, 4) is 0 Å². The number of para-hydroxylation sites is 1. The third kappa shape index (κ3) is 4.79. The third-order valence-electron chi connectivity index (χ3n) is 6.29. The molecule has 6 nitrogen and oxygen atoms in total. The van der Waals surface area contributed by atoms with Crippen LogP contribution >= 0.6 is 11.6 Å². The number of piperidine rings is 1. The molecule has 0 bridgehead atoms. The van der Waals surface area contributed by atoms with Gasteiger partial charge in [-0.05, 0) is 42.7 Å². The summed E-state index contributed by atoms with van der Waals surface area (Å²) in [5.41, 5.74) is 2.88. The van der Waals surface area contributed by atoms with E-state index in [1.807, 2.05) is 52.3 Å². The summed E-state index contributed by atoms with van der Waals surface area (Å²) in [6, 6.07) is 15.7. The highest BCUT2D eigenvalue weighted by Gasteiger charge is 2.26. The molecule has 0 aromatic heterocycles. The van der Waals surface area contributed by atoms with Gasteiger partial charge < -0.3 is 20.0 Å². The number of halogens is 1. The Bertz CT molecular complexity index is 943. The molecule has 0 saturated carbocycles. The van der Waals surface area contributed by atoms with Crippen LogP contribution in [0, 0.1) is 0 Å². The number of carbonyl (C=O) groups excluding carboxylic acids is 2. The normalized spacial score (nSPS) is 19.3. The summed E-state index contributed by atoms with van der Waals surface area (Å²) < 4.78 is 0. The standard InChI is InChI=1S/C24H29ClN4O2/c1-26-24(31)29-11-5-8-20(17-29)18-6-4-7-19(16-18)23(30)28-14-12-27(13-15-28)22-10-3-2-9-21(22)25/h2-4,6-7,9-10,16,20H,5,8,11-15,17H2,1H3,(H,26,31)/t20-/m1/s1. The summed E-state index contributed by atoms with van der Waals surface area (Å²) in [6.07, 6.45) is 2.00. The molecule has 0 unspecified atom stereocenters. The molecular formula is C24H29ClN4O2. The molecule has 2 heterocycles. The Kier molecular flexibility index (Phi) is 6.66. The molecule has 2 fully saturated rings. The number of amides is 3. The third-order valence-corrected chi connectivity index (χ3v) is 6.61. The zero-order valence-corrected chi connectivity index (χ0v) is 18.6. The second-order valence-corrected chi connectivity index (χ2v) is 8.60. The number of rotatable bonds is 3. The average molecular weight is 441 g/mol. The Hall–Kier alpha value is -2.73. The molecule has 3 amide bonds. The summed E-state index contributed by atoms with van der Waals surface area (Å²) in [5, 5.41) is 3.46. The van der Waals surface area contributed by atoms with Gasteiger partial charge in [0.05, 0.1) is 10.7 Å². The molecule has 164 valence electrons. The lowest BCUT2D eigenvalue weighted by Crippen LogP contribution is -2.49. The van der Waals surface area contributed by atoms with Crippen molar-refractivity contribution in [2.24, 2.45) is 0 Å². The quantitative estimate of drug-likeness (QED) is 0.789. The van der Waals surface area contributed by atoms with E-state index in [0.29, 0.717) is 19.6 Å². The van der Waals surface area contributed by atoms with Gasteiger partial charge in [0.1, 0.15) is 0 Å². The molecule has 0 aliphatic carbocycles. The van der Waals surface area contributed by atoms with Gasteiger partial charge in [-0.25, -0.2) is 4.79 Å². The molecule has 0 radical (unpaired) electrons. The predicted octanol–water partition coefficient (Wildman–Crippen LogP) is 3.82. The SMILES string of the molecule is CNC(=O)N1CCC[C@@H](c2cccc(C(=O)N3CCN(c4ccccc4Cl)CC3)c2)C1. The van der Waals surface area contributed by atoms with Crippen molar-refractivity contribution in [3.63, 3.8) is 0 Å². The van der Waals surface area contributed by atoms with Gasteiger partial charge in [0.25, 0.3) is 5.91 Å². The fourth-order valence-corrected chi connectivity index (χ4v) is 4.81.